The van der Waals surface area contributed by atoms with Crippen molar-refractivity contribution in [3.8, 4) is 17.2 Å². The van der Waals surface area contributed by atoms with Gasteiger partial charge in [-0.25, -0.2) is 0 Å². The lowest BCUT2D eigenvalue weighted by atomic mass is 9.86. The van der Waals surface area contributed by atoms with Crippen LogP contribution >= 0.6 is 28.6 Å². The molecule has 7 nitrogen and oxygen atoms in total. The molecular weight excluding hydrogens is 1230 g/mol. The Labute approximate surface area is 595 Å². The predicted octanol–water partition coefficient (Wildman–Crippen LogP) is 25.9. The molecule has 550 valence electrons. The van der Waals surface area contributed by atoms with Crippen molar-refractivity contribution in [2.75, 3.05) is 33.2 Å². The standard InChI is InChI=1S/C12H18O3.C10H14O.C10H14.C9H11Br.C8H18.2C7H16O.C5H12S.C5H12.C5H10.C4H10.CH4O.CH4/c1-12(2,3)9-5-8(7-13)11(14)10(6-9)15-4;1-10(2,3)8-4-6-9(11)7-5-8;1-9(2)8-10-6-4-3-5-7-10;1-7(2)8-3-5-9(10)6-4-8;1-4-5-6-7-8(2)3;2*1-7(2,3)5-4-6-8;1-5(2)3-4-6;1-5(2,3)4;1-4-5(2)3;1-4(2)3;1-2;/h5-6,13-14H,7H2,1-4H3;4-7,11H,1-3H3;3-7,9H,8H2,1-2H3;3-7H,1-2H3;8H,4-7H2,1-3H3;2*8H,4-6H2,1-3H3;5-6H,3-4H2,1-2H3;1-4H3;4-5H,1H2,2-3H3;4H,1-3H3;2H,1H3;1H4. The number of hydrogen-bond acceptors (Lipinski definition) is 8. The van der Waals surface area contributed by atoms with Crippen LogP contribution in [0.5, 0.6) is 17.2 Å². The lowest BCUT2D eigenvalue weighted by Crippen LogP contribution is -2.12. The Morgan fingerprint density at radius 1 is 0.548 bits per heavy atom. The maximum Gasteiger partial charge on any atom is 0.163 e. The topological polar surface area (TPSA) is 131 Å². The number of aliphatic hydroxyl groups excluding tert-OH is 4. The van der Waals surface area contributed by atoms with Crippen LogP contribution in [0.15, 0.2) is 108 Å². The van der Waals surface area contributed by atoms with Crippen molar-refractivity contribution in [2.24, 2.45) is 45.8 Å². The van der Waals surface area contributed by atoms with E-state index in [1.807, 2.05) is 18.2 Å². The van der Waals surface area contributed by atoms with Gasteiger partial charge in [0.05, 0.1) is 13.7 Å². The molecule has 0 unspecified atom stereocenters. The molecule has 0 radical (unpaired) electrons. The summed E-state index contributed by atoms with van der Waals surface area (Å²) in [4.78, 5) is 0. The van der Waals surface area contributed by atoms with Crippen LogP contribution in [0, 0.1) is 45.8 Å². The van der Waals surface area contributed by atoms with E-state index in [1.165, 1.54) is 62.3 Å². The van der Waals surface area contributed by atoms with E-state index in [4.69, 9.17) is 30.3 Å². The molecule has 4 rings (SSSR count). The first-order chi connectivity index (χ1) is 42.0. The van der Waals surface area contributed by atoms with Crippen LogP contribution < -0.4 is 4.74 Å². The van der Waals surface area contributed by atoms with E-state index in [0.717, 1.165) is 72.3 Å². The summed E-state index contributed by atoms with van der Waals surface area (Å²) in [5.41, 5.74) is 7.03. The molecular formula is C84H159BrO7S. The van der Waals surface area contributed by atoms with E-state index in [1.54, 1.807) is 24.3 Å². The zero-order valence-electron chi connectivity index (χ0n) is 66.2. The predicted molar refractivity (Wildman–Crippen MR) is 429 cm³/mol. The van der Waals surface area contributed by atoms with Crippen LogP contribution in [0.4, 0.5) is 0 Å². The van der Waals surface area contributed by atoms with Crippen molar-refractivity contribution >= 4 is 28.6 Å². The van der Waals surface area contributed by atoms with Crippen LogP contribution in [-0.4, -0.2) is 63.8 Å². The summed E-state index contributed by atoms with van der Waals surface area (Å²) in [5.74, 6) is 6.39. The molecule has 0 bridgehead atoms. The lowest BCUT2D eigenvalue weighted by Gasteiger charge is -2.21. The summed E-state index contributed by atoms with van der Waals surface area (Å²) in [6.07, 6.45) is 14.1. The Hall–Kier alpha value is -3.31. The Morgan fingerprint density at radius 3 is 1.18 bits per heavy atom. The van der Waals surface area contributed by atoms with Gasteiger partial charge in [-0.3, -0.25) is 0 Å². The molecule has 0 aromatic heterocycles. The first-order valence-electron chi connectivity index (χ1n) is 34.6. The molecule has 0 aliphatic carbocycles. The zero-order valence-corrected chi connectivity index (χ0v) is 68.7. The molecule has 0 saturated heterocycles. The number of aliphatic hydroxyl groups is 4. The van der Waals surface area contributed by atoms with Crippen LogP contribution in [0.25, 0.3) is 0 Å². The third-order valence-electron chi connectivity index (χ3n) is 11.9. The van der Waals surface area contributed by atoms with Crippen molar-refractivity contribution in [2.45, 2.75) is 303 Å². The monoisotopic (exact) mass is 1390 g/mol. The van der Waals surface area contributed by atoms with Gasteiger partial charge in [0.1, 0.15) is 5.75 Å². The van der Waals surface area contributed by atoms with E-state index in [0.29, 0.717) is 58.4 Å². The molecule has 93 heavy (non-hydrogen) atoms. The van der Waals surface area contributed by atoms with Crippen molar-refractivity contribution < 1.29 is 35.4 Å². The summed E-state index contributed by atoms with van der Waals surface area (Å²) >= 11 is 7.45. The van der Waals surface area contributed by atoms with Crippen LogP contribution in [0.1, 0.15) is 307 Å². The second-order valence-corrected chi connectivity index (χ2v) is 33.3. The number of hydrogen-bond donors (Lipinski definition) is 7. The fourth-order valence-corrected chi connectivity index (χ4v) is 7.33. The van der Waals surface area contributed by atoms with Gasteiger partial charge in [-0.05, 0) is 166 Å². The molecule has 0 spiro atoms. The summed E-state index contributed by atoms with van der Waals surface area (Å²) in [6.45, 7) is 69.4. The highest BCUT2D eigenvalue weighted by molar-refractivity contribution is 9.10. The molecule has 0 fully saturated rings. The number of rotatable bonds is 16. The van der Waals surface area contributed by atoms with Gasteiger partial charge in [0.2, 0.25) is 0 Å². The van der Waals surface area contributed by atoms with E-state index >= 15 is 0 Å². The molecule has 0 amide bonds. The van der Waals surface area contributed by atoms with E-state index in [-0.39, 0.29) is 30.6 Å². The molecule has 0 aliphatic rings. The second kappa shape index (κ2) is 64.7. The number of ether oxygens (including phenoxy) is 1. The maximum absolute atomic E-state index is 9.69. The molecule has 0 heterocycles. The van der Waals surface area contributed by atoms with Gasteiger partial charge in [-0.1, -0.05) is 317 Å². The van der Waals surface area contributed by atoms with Crippen molar-refractivity contribution in [1.82, 2.24) is 0 Å². The van der Waals surface area contributed by atoms with Crippen LogP contribution in [-0.2, 0) is 23.9 Å². The van der Waals surface area contributed by atoms with Gasteiger partial charge in [0.25, 0.3) is 0 Å². The summed E-state index contributed by atoms with van der Waals surface area (Å²) in [7, 11) is 2.50. The van der Waals surface area contributed by atoms with Gasteiger partial charge in [-0.2, -0.15) is 12.6 Å². The normalized spacial score (nSPS) is 10.6. The number of halogens is 1. The SMILES string of the molecule is C.C=CC(C)C.CC(C)(C)C.CC(C)(C)CCCO.CC(C)(C)CCCO.CC(C)(C)c1ccc(O)cc1.CC(C)C.CC(C)CCS.CC(C)Cc1ccccc1.CC(C)c1ccc(Br)cc1.CCCCCC(C)C.CO.COc1cc(C(C)(C)C)cc(CO)c1O. The number of benzene rings is 4. The zero-order chi connectivity index (χ0) is 74.1. The Bertz CT molecular complexity index is 2100. The molecule has 6 N–H and O–H groups in total. The van der Waals surface area contributed by atoms with E-state index in [9.17, 15) is 5.11 Å². The third-order valence-corrected chi connectivity index (χ3v) is 12.7. The highest BCUT2D eigenvalue weighted by Gasteiger charge is 2.19. The Balaban J connectivity index is -0.000000121. The van der Waals surface area contributed by atoms with Gasteiger partial charge in [-0.15, -0.1) is 6.58 Å². The Kier molecular flexibility index (Phi) is 75.4. The number of aromatic hydroxyl groups is 2. The lowest BCUT2D eigenvalue weighted by molar-refractivity contribution is 0.251. The molecule has 4 aromatic rings. The van der Waals surface area contributed by atoms with E-state index in [2.05, 4.69) is 297 Å². The third kappa shape index (κ3) is 92.9. The average Bonchev–Trinajstić information content (AvgIpc) is 0.830. The van der Waals surface area contributed by atoms with Crippen molar-refractivity contribution in [3.05, 3.63) is 136 Å². The van der Waals surface area contributed by atoms with E-state index < -0.39 is 0 Å². The number of phenolic OH excluding ortho intramolecular Hbond substituents is 1. The van der Waals surface area contributed by atoms with Gasteiger partial charge in [0, 0.05) is 30.4 Å². The molecule has 9 heteroatoms. The number of unbranched alkanes of at least 4 members (excludes halogenated alkanes) is 2. The Morgan fingerprint density at radius 2 is 0.935 bits per heavy atom. The number of allylic oxidation sites excluding steroid dienone is 1. The number of methoxy groups -OCH3 is 1. The quantitative estimate of drug-likeness (QED) is 0.0338. The van der Waals surface area contributed by atoms with Gasteiger partial charge >= 0.3 is 0 Å². The van der Waals surface area contributed by atoms with Crippen molar-refractivity contribution in [1.29, 1.82) is 0 Å². The number of phenols is 2. The highest BCUT2D eigenvalue weighted by atomic mass is 79.9. The largest absolute Gasteiger partial charge is 0.508 e. The molecule has 4 aromatic carbocycles. The fourth-order valence-electron chi connectivity index (χ4n) is 6.55. The van der Waals surface area contributed by atoms with Crippen molar-refractivity contribution in [3.63, 3.8) is 0 Å². The first-order valence-corrected chi connectivity index (χ1v) is 36.0. The summed E-state index contributed by atoms with van der Waals surface area (Å²) in [5, 5.41) is 51.7. The summed E-state index contributed by atoms with van der Waals surface area (Å²) in [6, 6.07) is 30.0. The molecule has 0 atom stereocenters. The van der Waals surface area contributed by atoms with Gasteiger partial charge < -0.3 is 35.4 Å². The maximum atomic E-state index is 9.69. The second-order valence-electron chi connectivity index (χ2n) is 32.0. The fraction of sp³-hybridized carbons (Fsp3) is 0.690. The first kappa shape index (κ1) is 108. The number of thiol groups is 1. The minimum Gasteiger partial charge on any atom is -0.508 e. The highest BCUT2D eigenvalue weighted by Crippen LogP contribution is 2.36. The summed E-state index contributed by atoms with van der Waals surface area (Å²) < 4.78 is 6.21. The molecule has 0 saturated carbocycles. The minimum atomic E-state index is -0.188. The van der Waals surface area contributed by atoms with Gasteiger partial charge in [0.15, 0.2) is 11.5 Å². The van der Waals surface area contributed by atoms with Crippen LogP contribution in [0.3, 0.4) is 0 Å². The van der Waals surface area contributed by atoms with Crippen LogP contribution in [0.2, 0.25) is 0 Å². The minimum absolute atomic E-state index is 0. The molecule has 0 aliphatic heterocycles. The average molecular weight is 1390 g/mol. The smallest absolute Gasteiger partial charge is 0.163 e.